The molecule has 1 aromatic heterocycles. The van der Waals surface area contributed by atoms with Crippen molar-refractivity contribution in [2.45, 2.75) is 13.1 Å². The molecule has 0 aliphatic heterocycles. The van der Waals surface area contributed by atoms with E-state index in [4.69, 9.17) is 5.73 Å². The number of amides is 1. The van der Waals surface area contributed by atoms with Crippen LogP contribution in [0.25, 0.3) is 0 Å². The summed E-state index contributed by atoms with van der Waals surface area (Å²) in [6, 6.07) is 4.07. The van der Waals surface area contributed by atoms with Crippen LogP contribution in [0.15, 0.2) is 30.6 Å². The van der Waals surface area contributed by atoms with Crippen LogP contribution in [0.5, 0.6) is 0 Å². The minimum atomic E-state index is -0.566. The lowest BCUT2D eigenvalue weighted by atomic mass is 10.1. The average molecular weight is 263 g/mol. The summed E-state index contributed by atoms with van der Waals surface area (Å²) >= 11 is 0. The van der Waals surface area contributed by atoms with Gasteiger partial charge in [-0.15, -0.1) is 5.10 Å². The third-order valence-electron chi connectivity index (χ3n) is 2.64. The number of carbonyl (C=O) groups is 1. The van der Waals surface area contributed by atoms with Gasteiger partial charge in [0, 0.05) is 30.4 Å². The number of halogens is 1. The van der Waals surface area contributed by atoms with E-state index in [9.17, 15) is 9.18 Å². The van der Waals surface area contributed by atoms with E-state index in [2.05, 4.69) is 15.6 Å². The molecule has 1 heterocycles. The molecule has 0 saturated heterocycles. The molecule has 2 aromatic rings. The summed E-state index contributed by atoms with van der Waals surface area (Å²) in [4.78, 5) is 11.0. The van der Waals surface area contributed by atoms with Crippen molar-refractivity contribution in [1.29, 1.82) is 0 Å². The van der Waals surface area contributed by atoms with Crippen molar-refractivity contribution in [3.05, 3.63) is 47.5 Å². The Kier molecular flexibility index (Phi) is 4.19. The maximum Gasteiger partial charge on any atom is 0.248 e. The number of nitrogens with two attached hydrogens (primary N) is 1. The molecule has 7 heteroatoms. The highest BCUT2D eigenvalue weighted by atomic mass is 19.1. The Labute approximate surface area is 109 Å². The quantitative estimate of drug-likeness (QED) is 0.734. The second-order valence-corrected chi connectivity index (χ2v) is 4.01. The smallest absolute Gasteiger partial charge is 0.248 e. The van der Waals surface area contributed by atoms with Gasteiger partial charge in [0.25, 0.3) is 0 Å². The lowest BCUT2D eigenvalue weighted by Gasteiger charge is -2.07. The van der Waals surface area contributed by atoms with E-state index in [1.807, 2.05) is 0 Å². The Balaban J connectivity index is 1.88. The zero-order chi connectivity index (χ0) is 13.7. The fourth-order valence-electron chi connectivity index (χ4n) is 1.63. The summed E-state index contributed by atoms with van der Waals surface area (Å²) in [5.41, 5.74) is 5.86. The van der Waals surface area contributed by atoms with Crippen LogP contribution < -0.4 is 11.1 Å². The Morgan fingerprint density at radius 3 is 3.00 bits per heavy atom. The van der Waals surface area contributed by atoms with Crippen molar-refractivity contribution in [1.82, 2.24) is 20.3 Å². The van der Waals surface area contributed by atoms with Gasteiger partial charge in [0.1, 0.15) is 5.82 Å². The van der Waals surface area contributed by atoms with Crippen molar-refractivity contribution < 1.29 is 9.18 Å². The summed E-state index contributed by atoms with van der Waals surface area (Å²) in [7, 11) is 0. The van der Waals surface area contributed by atoms with Gasteiger partial charge in [0.05, 0.1) is 12.7 Å². The third-order valence-corrected chi connectivity index (χ3v) is 2.64. The molecule has 0 aliphatic rings. The maximum absolute atomic E-state index is 13.5. The Morgan fingerprint density at radius 1 is 1.47 bits per heavy atom. The van der Waals surface area contributed by atoms with Gasteiger partial charge in [-0.05, 0) is 18.2 Å². The molecule has 0 unspecified atom stereocenters. The van der Waals surface area contributed by atoms with Crippen LogP contribution in [0.4, 0.5) is 4.39 Å². The van der Waals surface area contributed by atoms with E-state index >= 15 is 0 Å². The van der Waals surface area contributed by atoms with Gasteiger partial charge in [-0.1, -0.05) is 5.21 Å². The molecule has 3 N–H and O–H groups in total. The molecular weight excluding hydrogens is 249 g/mol. The minimum absolute atomic E-state index is 0.300. The normalized spacial score (nSPS) is 10.6. The standard InChI is InChI=1S/C12H14FN5O/c13-11-2-1-9(12(14)19)7-10(11)8-15-3-5-18-6-4-16-17-18/h1-2,4,6-7,15H,3,5,8H2,(H2,14,19). The SMILES string of the molecule is NC(=O)c1ccc(F)c(CNCCn2ccnn2)c1. The monoisotopic (exact) mass is 263 g/mol. The lowest BCUT2D eigenvalue weighted by Crippen LogP contribution is -2.21. The molecule has 0 atom stereocenters. The molecule has 100 valence electrons. The number of rotatable bonds is 6. The number of aromatic nitrogens is 3. The van der Waals surface area contributed by atoms with Crippen LogP contribution in [0.2, 0.25) is 0 Å². The molecule has 19 heavy (non-hydrogen) atoms. The van der Waals surface area contributed by atoms with Gasteiger partial charge in [0.15, 0.2) is 0 Å². The van der Waals surface area contributed by atoms with Crippen molar-refractivity contribution in [3.8, 4) is 0 Å². The Hall–Kier alpha value is -2.28. The van der Waals surface area contributed by atoms with Crippen LogP contribution >= 0.6 is 0 Å². The number of hydrogen-bond donors (Lipinski definition) is 2. The summed E-state index contributed by atoms with van der Waals surface area (Å²) in [5, 5.41) is 10.6. The number of primary amides is 1. The van der Waals surface area contributed by atoms with Crippen LogP contribution in [0, 0.1) is 5.82 Å². The highest BCUT2D eigenvalue weighted by Crippen LogP contribution is 2.10. The van der Waals surface area contributed by atoms with Crippen LogP contribution in [0.3, 0.4) is 0 Å². The molecule has 0 bridgehead atoms. The molecule has 0 fully saturated rings. The zero-order valence-corrected chi connectivity index (χ0v) is 10.2. The highest BCUT2D eigenvalue weighted by molar-refractivity contribution is 5.92. The lowest BCUT2D eigenvalue weighted by molar-refractivity contribution is 0.1000. The second kappa shape index (κ2) is 6.05. The molecule has 6 nitrogen and oxygen atoms in total. The molecule has 0 radical (unpaired) electrons. The Morgan fingerprint density at radius 2 is 2.32 bits per heavy atom. The molecule has 1 aromatic carbocycles. The van der Waals surface area contributed by atoms with E-state index in [0.29, 0.717) is 30.8 Å². The summed E-state index contributed by atoms with van der Waals surface area (Å²) < 4.78 is 15.2. The van der Waals surface area contributed by atoms with E-state index in [1.54, 1.807) is 17.1 Å². The molecular formula is C12H14FN5O. The average Bonchev–Trinajstić information content (AvgIpc) is 2.89. The first-order chi connectivity index (χ1) is 9.16. The minimum Gasteiger partial charge on any atom is -0.366 e. The van der Waals surface area contributed by atoms with E-state index in [1.165, 1.54) is 18.2 Å². The van der Waals surface area contributed by atoms with Gasteiger partial charge in [-0.3, -0.25) is 9.48 Å². The number of nitrogens with one attached hydrogen (secondary N) is 1. The predicted molar refractivity (Wildman–Crippen MR) is 66.6 cm³/mol. The van der Waals surface area contributed by atoms with E-state index in [-0.39, 0.29) is 5.82 Å². The first-order valence-corrected chi connectivity index (χ1v) is 5.80. The Bertz CT molecular complexity index is 555. The first kappa shape index (κ1) is 13.2. The van der Waals surface area contributed by atoms with Gasteiger partial charge < -0.3 is 11.1 Å². The molecule has 0 saturated carbocycles. The number of carbonyl (C=O) groups excluding carboxylic acids is 1. The summed E-state index contributed by atoms with van der Waals surface area (Å²) in [6.45, 7) is 1.57. The number of nitrogens with zero attached hydrogens (tertiary/aromatic N) is 3. The predicted octanol–water partition coefficient (Wildman–Crippen LogP) is 0.306. The highest BCUT2D eigenvalue weighted by Gasteiger charge is 2.06. The van der Waals surface area contributed by atoms with E-state index in [0.717, 1.165) is 0 Å². The zero-order valence-electron chi connectivity index (χ0n) is 10.2. The van der Waals surface area contributed by atoms with Crippen molar-refractivity contribution in [2.24, 2.45) is 5.73 Å². The van der Waals surface area contributed by atoms with Crippen LogP contribution in [0.1, 0.15) is 15.9 Å². The fourth-order valence-corrected chi connectivity index (χ4v) is 1.63. The molecule has 0 spiro atoms. The maximum atomic E-state index is 13.5. The van der Waals surface area contributed by atoms with Gasteiger partial charge in [-0.25, -0.2) is 4.39 Å². The largest absolute Gasteiger partial charge is 0.366 e. The third kappa shape index (κ3) is 3.59. The van der Waals surface area contributed by atoms with Crippen molar-refractivity contribution in [3.63, 3.8) is 0 Å². The topological polar surface area (TPSA) is 85.8 Å². The van der Waals surface area contributed by atoms with Gasteiger partial charge in [-0.2, -0.15) is 0 Å². The molecule has 1 amide bonds. The van der Waals surface area contributed by atoms with Gasteiger partial charge >= 0.3 is 0 Å². The summed E-state index contributed by atoms with van der Waals surface area (Å²) in [6.07, 6.45) is 3.34. The molecule has 0 aliphatic carbocycles. The van der Waals surface area contributed by atoms with Crippen LogP contribution in [-0.2, 0) is 13.1 Å². The van der Waals surface area contributed by atoms with E-state index < -0.39 is 5.91 Å². The van der Waals surface area contributed by atoms with Crippen LogP contribution in [-0.4, -0.2) is 27.4 Å². The molecule has 2 rings (SSSR count). The number of hydrogen-bond acceptors (Lipinski definition) is 4. The summed E-state index contributed by atoms with van der Waals surface area (Å²) in [5.74, 6) is -0.929. The van der Waals surface area contributed by atoms with Crippen molar-refractivity contribution >= 4 is 5.91 Å². The fraction of sp³-hybridized carbons (Fsp3) is 0.250. The number of benzene rings is 1. The van der Waals surface area contributed by atoms with Gasteiger partial charge in [0.2, 0.25) is 5.91 Å². The first-order valence-electron chi connectivity index (χ1n) is 5.80. The second-order valence-electron chi connectivity index (χ2n) is 4.01. The van der Waals surface area contributed by atoms with Crippen molar-refractivity contribution in [2.75, 3.05) is 6.54 Å².